The van der Waals surface area contributed by atoms with Crippen LogP contribution >= 0.6 is 0 Å². The van der Waals surface area contributed by atoms with Crippen molar-refractivity contribution in [1.82, 2.24) is 5.43 Å². The van der Waals surface area contributed by atoms with Gasteiger partial charge in [0.1, 0.15) is 5.60 Å². The Balaban J connectivity index is 2.53. The summed E-state index contributed by atoms with van der Waals surface area (Å²) >= 11 is 0. The third kappa shape index (κ3) is 5.67. The van der Waals surface area contributed by atoms with Crippen molar-refractivity contribution in [2.45, 2.75) is 26.4 Å². The second-order valence-electron chi connectivity index (χ2n) is 4.80. The Morgan fingerprint density at radius 2 is 1.84 bits per heavy atom. The fourth-order valence-corrected chi connectivity index (χ4v) is 1.17. The molecule has 0 bridgehead atoms. The van der Waals surface area contributed by atoms with Crippen LogP contribution in [0.25, 0.3) is 0 Å². The van der Waals surface area contributed by atoms with Crippen LogP contribution in [-0.4, -0.2) is 29.0 Å². The van der Waals surface area contributed by atoms with E-state index in [2.05, 4.69) is 10.5 Å². The SMILES string of the molecule is CC(C)(C)OC(=O)N/N=C\c1ccc(C(=O)O)cc1. The van der Waals surface area contributed by atoms with Gasteiger partial charge in [0, 0.05) is 0 Å². The Morgan fingerprint density at radius 3 is 2.32 bits per heavy atom. The highest BCUT2D eigenvalue weighted by atomic mass is 16.6. The van der Waals surface area contributed by atoms with E-state index in [0.29, 0.717) is 5.56 Å². The zero-order valence-electron chi connectivity index (χ0n) is 11.0. The van der Waals surface area contributed by atoms with E-state index in [1.54, 1.807) is 32.9 Å². The molecule has 0 radical (unpaired) electrons. The van der Waals surface area contributed by atoms with Gasteiger partial charge in [0.2, 0.25) is 0 Å². The minimum Gasteiger partial charge on any atom is -0.478 e. The lowest BCUT2D eigenvalue weighted by Gasteiger charge is -2.18. The number of amides is 1. The Bertz CT molecular complexity index is 486. The van der Waals surface area contributed by atoms with Crippen LogP contribution in [0, 0.1) is 0 Å². The quantitative estimate of drug-likeness (QED) is 0.647. The molecule has 0 saturated carbocycles. The number of nitrogens with zero attached hydrogens (tertiary/aromatic N) is 1. The van der Waals surface area contributed by atoms with E-state index in [1.165, 1.54) is 18.3 Å². The summed E-state index contributed by atoms with van der Waals surface area (Å²) < 4.78 is 4.98. The van der Waals surface area contributed by atoms with Crippen LogP contribution in [-0.2, 0) is 4.74 Å². The largest absolute Gasteiger partial charge is 0.478 e. The number of ether oxygens (including phenoxy) is 1. The molecule has 0 spiro atoms. The fourth-order valence-electron chi connectivity index (χ4n) is 1.17. The molecule has 0 saturated heterocycles. The topological polar surface area (TPSA) is 88.0 Å². The Kier molecular flexibility index (Phi) is 4.63. The van der Waals surface area contributed by atoms with Gasteiger partial charge in [-0.15, -0.1) is 0 Å². The first-order valence-electron chi connectivity index (χ1n) is 5.63. The highest BCUT2D eigenvalue weighted by Gasteiger charge is 2.15. The van der Waals surface area contributed by atoms with Crippen LogP contribution < -0.4 is 5.43 Å². The number of carboxylic acids is 1. The van der Waals surface area contributed by atoms with Gasteiger partial charge in [-0.05, 0) is 38.5 Å². The summed E-state index contributed by atoms with van der Waals surface area (Å²) in [5.74, 6) is -0.990. The molecule has 0 heterocycles. The van der Waals surface area contributed by atoms with Gasteiger partial charge < -0.3 is 9.84 Å². The molecular weight excluding hydrogens is 248 g/mol. The van der Waals surface area contributed by atoms with Crippen LogP contribution in [0.15, 0.2) is 29.4 Å². The molecule has 19 heavy (non-hydrogen) atoms. The summed E-state index contributed by atoms with van der Waals surface area (Å²) in [6.45, 7) is 5.25. The molecule has 6 heteroatoms. The third-order valence-electron chi connectivity index (χ3n) is 1.93. The van der Waals surface area contributed by atoms with Crippen LogP contribution in [0.3, 0.4) is 0 Å². The van der Waals surface area contributed by atoms with Crippen molar-refractivity contribution < 1.29 is 19.4 Å². The molecule has 0 atom stereocenters. The zero-order valence-corrected chi connectivity index (χ0v) is 11.0. The number of carboxylic acid groups (broad SMARTS) is 1. The molecule has 0 aliphatic heterocycles. The summed E-state index contributed by atoms with van der Waals surface area (Å²) in [5, 5.41) is 12.4. The summed E-state index contributed by atoms with van der Waals surface area (Å²) in [6, 6.07) is 6.09. The summed E-state index contributed by atoms with van der Waals surface area (Å²) in [5.41, 5.74) is 2.50. The van der Waals surface area contributed by atoms with E-state index in [9.17, 15) is 9.59 Å². The average molecular weight is 264 g/mol. The number of hydrogen-bond donors (Lipinski definition) is 2. The zero-order chi connectivity index (χ0) is 14.5. The van der Waals surface area contributed by atoms with Gasteiger partial charge in [-0.25, -0.2) is 15.0 Å². The number of rotatable bonds is 3. The molecule has 1 rings (SSSR count). The predicted octanol–water partition coefficient (Wildman–Crippen LogP) is 2.24. The fraction of sp³-hybridized carbons (Fsp3) is 0.308. The second kappa shape index (κ2) is 5.99. The number of carbonyl (C=O) groups excluding carboxylic acids is 1. The predicted molar refractivity (Wildman–Crippen MR) is 70.4 cm³/mol. The average Bonchev–Trinajstić information content (AvgIpc) is 2.27. The molecule has 6 nitrogen and oxygen atoms in total. The lowest BCUT2D eigenvalue weighted by atomic mass is 10.1. The van der Waals surface area contributed by atoms with Gasteiger partial charge in [-0.2, -0.15) is 5.10 Å². The van der Waals surface area contributed by atoms with Gasteiger partial charge in [0.05, 0.1) is 11.8 Å². The van der Waals surface area contributed by atoms with Gasteiger partial charge >= 0.3 is 12.1 Å². The van der Waals surface area contributed by atoms with E-state index in [4.69, 9.17) is 9.84 Å². The maximum Gasteiger partial charge on any atom is 0.428 e. The van der Waals surface area contributed by atoms with Crippen molar-refractivity contribution in [3.63, 3.8) is 0 Å². The van der Waals surface area contributed by atoms with E-state index in [0.717, 1.165) is 0 Å². The van der Waals surface area contributed by atoms with Crippen LogP contribution in [0.1, 0.15) is 36.7 Å². The van der Waals surface area contributed by atoms with Gasteiger partial charge in [-0.1, -0.05) is 12.1 Å². The first-order valence-corrected chi connectivity index (χ1v) is 5.63. The molecule has 1 aromatic carbocycles. The number of nitrogens with one attached hydrogen (secondary N) is 1. The van der Waals surface area contributed by atoms with E-state index < -0.39 is 17.7 Å². The van der Waals surface area contributed by atoms with Gasteiger partial charge in [0.25, 0.3) is 0 Å². The number of hydrazone groups is 1. The second-order valence-corrected chi connectivity index (χ2v) is 4.80. The van der Waals surface area contributed by atoms with Crippen molar-refractivity contribution in [3.8, 4) is 0 Å². The molecule has 0 aliphatic carbocycles. The van der Waals surface area contributed by atoms with Gasteiger partial charge in [-0.3, -0.25) is 0 Å². The molecule has 0 fully saturated rings. The summed E-state index contributed by atoms with van der Waals surface area (Å²) in [4.78, 5) is 21.9. The summed E-state index contributed by atoms with van der Waals surface area (Å²) in [7, 11) is 0. The van der Waals surface area contributed by atoms with E-state index >= 15 is 0 Å². The highest BCUT2D eigenvalue weighted by molar-refractivity contribution is 5.89. The molecular formula is C13H16N2O4. The van der Waals surface area contributed by atoms with E-state index in [-0.39, 0.29) is 5.56 Å². The smallest absolute Gasteiger partial charge is 0.428 e. The van der Waals surface area contributed by atoms with Crippen LogP contribution in [0.5, 0.6) is 0 Å². The minimum absolute atomic E-state index is 0.192. The highest BCUT2D eigenvalue weighted by Crippen LogP contribution is 2.06. The van der Waals surface area contributed by atoms with Crippen molar-refractivity contribution in [1.29, 1.82) is 0 Å². The lowest BCUT2D eigenvalue weighted by Crippen LogP contribution is -2.29. The normalized spacial score (nSPS) is 11.3. The van der Waals surface area contributed by atoms with Crippen LogP contribution in [0.2, 0.25) is 0 Å². The number of hydrogen-bond acceptors (Lipinski definition) is 4. The van der Waals surface area contributed by atoms with Crippen molar-refractivity contribution in [2.75, 3.05) is 0 Å². The number of carbonyl (C=O) groups is 2. The molecule has 0 aromatic heterocycles. The number of benzene rings is 1. The standard InChI is InChI=1S/C13H16N2O4/c1-13(2,3)19-12(18)15-14-8-9-4-6-10(7-5-9)11(16)17/h4-8H,1-3H3,(H,15,18)(H,16,17)/b14-8-. The molecule has 1 aromatic rings. The maximum atomic E-state index is 11.3. The lowest BCUT2D eigenvalue weighted by molar-refractivity contribution is 0.0529. The first kappa shape index (κ1) is 14.7. The maximum absolute atomic E-state index is 11.3. The molecule has 102 valence electrons. The number of aromatic carboxylic acids is 1. The molecule has 0 unspecified atom stereocenters. The molecule has 1 amide bonds. The molecule has 2 N–H and O–H groups in total. The van der Waals surface area contributed by atoms with Crippen LogP contribution in [0.4, 0.5) is 4.79 Å². The van der Waals surface area contributed by atoms with E-state index in [1.807, 2.05) is 0 Å². The minimum atomic E-state index is -0.990. The third-order valence-corrected chi connectivity index (χ3v) is 1.93. The van der Waals surface area contributed by atoms with Gasteiger partial charge in [0.15, 0.2) is 0 Å². The van der Waals surface area contributed by atoms with Crippen molar-refractivity contribution in [2.24, 2.45) is 5.10 Å². The summed E-state index contributed by atoms with van der Waals surface area (Å²) in [6.07, 6.45) is 0.751. The van der Waals surface area contributed by atoms with Crippen molar-refractivity contribution in [3.05, 3.63) is 35.4 Å². The molecule has 0 aliphatic rings. The monoisotopic (exact) mass is 264 g/mol. The Labute approximate surface area is 111 Å². The van der Waals surface area contributed by atoms with Crippen molar-refractivity contribution >= 4 is 18.3 Å². The first-order chi connectivity index (χ1) is 8.78. The Morgan fingerprint density at radius 1 is 1.26 bits per heavy atom. The Hall–Kier alpha value is -2.37.